The van der Waals surface area contributed by atoms with E-state index in [4.69, 9.17) is 14.6 Å². The lowest BCUT2D eigenvalue weighted by Gasteiger charge is -2.37. The van der Waals surface area contributed by atoms with E-state index >= 15 is 0 Å². The van der Waals surface area contributed by atoms with Gasteiger partial charge in [0.1, 0.15) is 0 Å². The van der Waals surface area contributed by atoms with Gasteiger partial charge >= 0.3 is 6.18 Å². The van der Waals surface area contributed by atoms with Gasteiger partial charge in [-0.05, 0) is 12.0 Å². The lowest BCUT2D eigenvalue weighted by Crippen LogP contribution is -2.51. The highest BCUT2D eigenvalue weighted by Gasteiger charge is 2.57. The third-order valence-electron chi connectivity index (χ3n) is 3.48. The highest BCUT2D eigenvalue weighted by atomic mass is 19.4. The Morgan fingerprint density at radius 2 is 1.89 bits per heavy atom. The van der Waals surface area contributed by atoms with E-state index in [-0.39, 0.29) is 24.8 Å². The molecule has 1 unspecified atom stereocenters. The molecule has 0 saturated carbocycles. The van der Waals surface area contributed by atoms with Gasteiger partial charge in [-0.15, -0.1) is 0 Å². The van der Waals surface area contributed by atoms with Crippen molar-refractivity contribution in [1.29, 1.82) is 0 Å². The van der Waals surface area contributed by atoms with Gasteiger partial charge in [-0.25, -0.2) is 0 Å². The summed E-state index contributed by atoms with van der Waals surface area (Å²) in [6, 6.07) is 0. The van der Waals surface area contributed by atoms with Gasteiger partial charge < -0.3 is 19.7 Å². The Morgan fingerprint density at radius 1 is 1.28 bits per heavy atom. The predicted molar refractivity (Wildman–Crippen MR) is 54.7 cm³/mol. The predicted octanol–water partition coefficient (Wildman–Crippen LogP) is 1.13. The van der Waals surface area contributed by atoms with Crippen LogP contribution in [-0.2, 0) is 9.47 Å². The summed E-state index contributed by atoms with van der Waals surface area (Å²) in [4.78, 5) is 0. The molecule has 1 spiro atoms. The SMILES string of the molecule is OCC(O)(C1=CCC2(CC1)OCCO2)C(F)(F)F. The molecule has 2 N–H and O–H groups in total. The minimum absolute atomic E-state index is 0.0173. The van der Waals surface area contributed by atoms with E-state index in [2.05, 4.69) is 0 Å². The van der Waals surface area contributed by atoms with Crippen molar-refractivity contribution in [3.8, 4) is 0 Å². The fraction of sp³-hybridized carbons (Fsp3) is 0.818. The van der Waals surface area contributed by atoms with Crippen LogP contribution < -0.4 is 0 Å². The standard InChI is InChI=1S/C11H15F3O4/c12-11(13,14)10(16,7-15)8-1-3-9(4-2-8)17-5-6-18-9/h1,15-16H,2-7H2. The van der Waals surface area contributed by atoms with Crippen LogP contribution in [0.25, 0.3) is 0 Å². The second-order valence-corrected chi connectivity index (χ2v) is 4.56. The van der Waals surface area contributed by atoms with Gasteiger partial charge in [0.05, 0.1) is 19.8 Å². The molecule has 1 aliphatic carbocycles. The molecule has 0 aromatic rings. The Labute approximate surface area is 102 Å². The van der Waals surface area contributed by atoms with Crippen molar-refractivity contribution >= 4 is 0 Å². The number of alkyl halides is 3. The van der Waals surface area contributed by atoms with E-state index in [0.29, 0.717) is 13.2 Å². The molecule has 0 radical (unpaired) electrons. The van der Waals surface area contributed by atoms with E-state index in [1.165, 1.54) is 6.08 Å². The van der Waals surface area contributed by atoms with Crippen molar-refractivity contribution < 1.29 is 32.9 Å². The van der Waals surface area contributed by atoms with Gasteiger partial charge in [-0.3, -0.25) is 0 Å². The fourth-order valence-corrected chi connectivity index (χ4v) is 2.32. The van der Waals surface area contributed by atoms with Crippen molar-refractivity contribution in [3.05, 3.63) is 11.6 Å². The van der Waals surface area contributed by atoms with Crippen molar-refractivity contribution in [2.75, 3.05) is 19.8 Å². The molecule has 0 amide bonds. The lowest BCUT2D eigenvalue weighted by molar-refractivity contribution is -0.257. The largest absolute Gasteiger partial charge is 0.423 e. The van der Waals surface area contributed by atoms with E-state index < -0.39 is 24.2 Å². The number of hydrogen-bond acceptors (Lipinski definition) is 4. The molecular formula is C11H15F3O4. The topological polar surface area (TPSA) is 58.9 Å². The van der Waals surface area contributed by atoms with E-state index in [0.717, 1.165) is 0 Å². The monoisotopic (exact) mass is 268 g/mol. The van der Waals surface area contributed by atoms with Gasteiger partial charge in [0, 0.05) is 12.8 Å². The van der Waals surface area contributed by atoms with Crippen LogP contribution >= 0.6 is 0 Å². The Kier molecular flexibility index (Phi) is 3.44. The summed E-state index contributed by atoms with van der Waals surface area (Å²) in [5, 5.41) is 18.4. The summed E-state index contributed by atoms with van der Waals surface area (Å²) in [6.45, 7) is -0.531. The number of aliphatic hydroxyl groups is 2. The molecule has 0 aromatic carbocycles. The van der Waals surface area contributed by atoms with Crippen LogP contribution in [0.4, 0.5) is 13.2 Å². The van der Waals surface area contributed by atoms with Gasteiger partial charge in [-0.1, -0.05) is 6.08 Å². The fourth-order valence-electron chi connectivity index (χ4n) is 2.32. The summed E-state index contributed by atoms with van der Waals surface area (Å²) in [6.07, 6.45) is -3.25. The van der Waals surface area contributed by atoms with Crippen molar-refractivity contribution in [3.63, 3.8) is 0 Å². The highest BCUT2D eigenvalue weighted by Crippen LogP contribution is 2.43. The van der Waals surface area contributed by atoms with Gasteiger partial charge in [0.2, 0.25) is 5.60 Å². The number of halogens is 3. The number of rotatable bonds is 2. The third-order valence-corrected chi connectivity index (χ3v) is 3.48. The zero-order valence-corrected chi connectivity index (χ0v) is 9.66. The maximum atomic E-state index is 12.7. The molecule has 1 fully saturated rings. The van der Waals surface area contributed by atoms with Gasteiger partial charge in [0.25, 0.3) is 0 Å². The first-order valence-corrected chi connectivity index (χ1v) is 5.70. The molecule has 1 saturated heterocycles. The van der Waals surface area contributed by atoms with Crippen LogP contribution in [0.1, 0.15) is 19.3 Å². The van der Waals surface area contributed by atoms with Crippen LogP contribution in [0.3, 0.4) is 0 Å². The van der Waals surface area contributed by atoms with Crippen LogP contribution in [0, 0.1) is 0 Å². The molecule has 0 bridgehead atoms. The molecule has 104 valence electrons. The maximum Gasteiger partial charge on any atom is 0.423 e. The highest BCUT2D eigenvalue weighted by molar-refractivity contribution is 5.23. The molecule has 7 heteroatoms. The molecule has 1 heterocycles. The second-order valence-electron chi connectivity index (χ2n) is 4.56. The summed E-state index contributed by atoms with van der Waals surface area (Å²) in [5.74, 6) is -0.842. The Hall–Kier alpha value is -0.630. The molecule has 2 rings (SSSR count). The second kappa shape index (κ2) is 4.48. The minimum atomic E-state index is -4.89. The average Bonchev–Trinajstić information content (AvgIpc) is 2.76. The molecule has 0 aromatic heterocycles. The number of hydrogen-bond donors (Lipinski definition) is 2. The molecule has 2 aliphatic rings. The first kappa shape index (κ1) is 13.8. The van der Waals surface area contributed by atoms with E-state index in [1.54, 1.807) is 0 Å². The van der Waals surface area contributed by atoms with Gasteiger partial charge in [-0.2, -0.15) is 13.2 Å². The molecular weight excluding hydrogens is 253 g/mol. The van der Waals surface area contributed by atoms with Crippen molar-refractivity contribution in [2.45, 2.75) is 36.8 Å². The summed E-state index contributed by atoms with van der Waals surface area (Å²) in [5.41, 5.74) is -3.38. The first-order chi connectivity index (χ1) is 8.33. The average molecular weight is 268 g/mol. The number of aliphatic hydroxyl groups excluding tert-OH is 1. The van der Waals surface area contributed by atoms with E-state index in [1.807, 2.05) is 0 Å². The normalized spacial score (nSPS) is 27.1. The molecule has 18 heavy (non-hydrogen) atoms. The van der Waals surface area contributed by atoms with Crippen molar-refractivity contribution in [1.82, 2.24) is 0 Å². The molecule has 1 aliphatic heterocycles. The summed E-state index contributed by atoms with van der Waals surface area (Å²) >= 11 is 0. The van der Waals surface area contributed by atoms with Crippen molar-refractivity contribution in [2.24, 2.45) is 0 Å². The summed E-state index contributed by atoms with van der Waals surface area (Å²) in [7, 11) is 0. The zero-order valence-electron chi connectivity index (χ0n) is 9.66. The maximum absolute atomic E-state index is 12.7. The summed E-state index contributed by atoms with van der Waals surface area (Å²) < 4.78 is 49.0. The first-order valence-electron chi connectivity index (χ1n) is 5.70. The Bertz CT molecular complexity index is 347. The lowest BCUT2D eigenvalue weighted by atomic mass is 9.83. The zero-order chi connectivity index (χ0) is 13.4. The number of ether oxygens (including phenoxy) is 2. The smallest absolute Gasteiger partial charge is 0.393 e. The van der Waals surface area contributed by atoms with Crippen LogP contribution in [-0.4, -0.2) is 47.6 Å². The van der Waals surface area contributed by atoms with Crippen LogP contribution in [0.5, 0.6) is 0 Å². The Balaban J connectivity index is 2.17. The van der Waals surface area contributed by atoms with Gasteiger partial charge in [0.15, 0.2) is 5.79 Å². The van der Waals surface area contributed by atoms with Crippen LogP contribution in [0.15, 0.2) is 11.6 Å². The molecule has 1 atom stereocenters. The third kappa shape index (κ3) is 2.16. The van der Waals surface area contributed by atoms with E-state index in [9.17, 15) is 18.3 Å². The quantitative estimate of drug-likeness (QED) is 0.737. The molecule has 4 nitrogen and oxygen atoms in total. The minimum Gasteiger partial charge on any atom is -0.393 e. The Morgan fingerprint density at radius 3 is 2.28 bits per heavy atom. The van der Waals surface area contributed by atoms with Crippen LogP contribution in [0.2, 0.25) is 0 Å².